The summed E-state index contributed by atoms with van der Waals surface area (Å²) in [5, 5.41) is 1.28. The summed E-state index contributed by atoms with van der Waals surface area (Å²) in [5.41, 5.74) is 7.56. The number of thiophene rings is 1. The van der Waals surface area contributed by atoms with E-state index in [4.69, 9.17) is 0 Å². The number of fused-ring (bicyclic) bond motifs is 1. The molecule has 0 bridgehead atoms. The molecule has 0 aliphatic heterocycles. The standard InChI is InChI=1S/C26H22S.3C2H6.C2H4/c1-4-21(19-10-7-6-8-11-19)25-22(5-2)24-13-9-12-23(26(24)27-25)20-16-14-18(3)15-17-20;4*1-2/h4-17H,2H2,1,3H3;3*1-2H3;1-2H2/b21-4-;;;;. The van der Waals surface area contributed by atoms with E-state index in [1.54, 1.807) is 0 Å². The highest BCUT2D eigenvalue weighted by Gasteiger charge is 2.17. The molecule has 4 rings (SSSR count). The second kappa shape index (κ2) is 18.2. The van der Waals surface area contributed by atoms with Crippen LogP contribution in [-0.2, 0) is 0 Å². The Bertz CT molecular complexity index is 1140. The van der Waals surface area contributed by atoms with Crippen molar-refractivity contribution in [2.45, 2.75) is 55.4 Å². The van der Waals surface area contributed by atoms with Gasteiger partial charge in [0.05, 0.1) is 0 Å². The molecule has 0 nitrogen and oxygen atoms in total. The maximum Gasteiger partial charge on any atom is 0.0434 e. The lowest BCUT2D eigenvalue weighted by atomic mass is 9.97. The highest BCUT2D eigenvalue weighted by Crippen LogP contribution is 2.43. The lowest BCUT2D eigenvalue weighted by Crippen LogP contribution is -1.86. The molecule has 0 aliphatic rings. The van der Waals surface area contributed by atoms with Crippen LogP contribution < -0.4 is 0 Å². The van der Waals surface area contributed by atoms with Gasteiger partial charge in [-0.3, -0.25) is 0 Å². The summed E-state index contributed by atoms with van der Waals surface area (Å²) in [6.45, 7) is 26.4. The van der Waals surface area contributed by atoms with Crippen molar-refractivity contribution in [3.63, 3.8) is 0 Å². The minimum absolute atomic E-state index is 1.22. The van der Waals surface area contributed by atoms with Crippen LogP contribution in [0.5, 0.6) is 0 Å². The maximum atomic E-state index is 4.12. The Kier molecular flexibility index (Phi) is 16.6. The molecule has 0 saturated heterocycles. The van der Waals surface area contributed by atoms with Gasteiger partial charge in [0.15, 0.2) is 0 Å². The van der Waals surface area contributed by atoms with E-state index in [-0.39, 0.29) is 0 Å². The molecular formula is C34H44S. The van der Waals surface area contributed by atoms with Gasteiger partial charge in [0.1, 0.15) is 0 Å². The minimum Gasteiger partial charge on any atom is -0.134 e. The summed E-state index contributed by atoms with van der Waals surface area (Å²) < 4.78 is 1.32. The van der Waals surface area contributed by atoms with Crippen molar-refractivity contribution >= 4 is 33.1 Å². The Morgan fingerprint density at radius 1 is 0.743 bits per heavy atom. The monoisotopic (exact) mass is 484 g/mol. The highest BCUT2D eigenvalue weighted by atomic mass is 32.1. The Labute approximate surface area is 219 Å². The molecule has 1 aromatic heterocycles. The highest BCUT2D eigenvalue weighted by molar-refractivity contribution is 7.21. The van der Waals surface area contributed by atoms with Gasteiger partial charge in [0, 0.05) is 20.5 Å². The quantitative estimate of drug-likeness (QED) is 0.253. The third-order valence-corrected chi connectivity index (χ3v) is 6.23. The van der Waals surface area contributed by atoms with E-state index >= 15 is 0 Å². The molecular weight excluding hydrogens is 440 g/mol. The lowest BCUT2D eigenvalue weighted by molar-refractivity contribution is 1.47. The molecule has 0 unspecified atom stereocenters. The van der Waals surface area contributed by atoms with E-state index in [9.17, 15) is 0 Å². The van der Waals surface area contributed by atoms with Crippen molar-refractivity contribution in [2.75, 3.05) is 0 Å². The van der Waals surface area contributed by atoms with Gasteiger partial charge >= 0.3 is 0 Å². The molecule has 0 radical (unpaired) electrons. The molecule has 0 saturated carbocycles. The fourth-order valence-electron chi connectivity index (χ4n) is 3.55. The van der Waals surface area contributed by atoms with E-state index in [1.807, 2.05) is 59.0 Å². The molecule has 186 valence electrons. The minimum atomic E-state index is 1.22. The number of allylic oxidation sites excluding steroid dienone is 1. The van der Waals surface area contributed by atoms with Crippen LogP contribution in [0.25, 0.3) is 32.9 Å². The molecule has 1 heterocycles. The number of hydrogen-bond donors (Lipinski definition) is 0. The molecule has 0 atom stereocenters. The number of benzene rings is 3. The summed E-state index contributed by atoms with van der Waals surface area (Å²) in [5.74, 6) is 0. The van der Waals surface area contributed by atoms with Gasteiger partial charge in [0.25, 0.3) is 0 Å². The molecule has 0 fully saturated rings. The SMILES string of the molecule is C=C.C=Cc1c(/C(=C\C)c2ccccc2)sc2c(-c3ccc(C)cc3)cccc12.CC.CC.CC. The van der Waals surface area contributed by atoms with Crippen molar-refractivity contribution in [3.05, 3.63) is 120 Å². The van der Waals surface area contributed by atoms with Crippen LogP contribution in [0, 0.1) is 6.92 Å². The van der Waals surface area contributed by atoms with E-state index in [1.165, 1.54) is 48.4 Å². The van der Waals surface area contributed by atoms with Crippen LogP contribution in [0.2, 0.25) is 0 Å². The van der Waals surface area contributed by atoms with E-state index in [0.29, 0.717) is 0 Å². The summed E-state index contributed by atoms with van der Waals surface area (Å²) in [4.78, 5) is 1.29. The first-order valence-corrected chi connectivity index (χ1v) is 13.5. The van der Waals surface area contributed by atoms with Gasteiger partial charge in [-0.15, -0.1) is 24.5 Å². The number of aryl methyl sites for hydroxylation is 1. The number of rotatable bonds is 4. The van der Waals surface area contributed by atoms with E-state index in [2.05, 4.69) is 112 Å². The first-order valence-electron chi connectivity index (χ1n) is 12.7. The molecule has 0 aliphatic carbocycles. The van der Waals surface area contributed by atoms with Crippen LogP contribution >= 0.6 is 11.3 Å². The predicted octanol–water partition coefficient (Wildman–Crippen LogP) is 11.9. The topological polar surface area (TPSA) is 0 Å². The van der Waals surface area contributed by atoms with Crippen molar-refractivity contribution < 1.29 is 0 Å². The predicted molar refractivity (Wildman–Crippen MR) is 167 cm³/mol. The Hall–Kier alpha value is -3.16. The average Bonchev–Trinajstić information content (AvgIpc) is 3.33. The van der Waals surface area contributed by atoms with Gasteiger partial charge in [-0.2, -0.15) is 0 Å². The van der Waals surface area contributed by atoms with Crippen molar-refractivity contribution in [1.29, 1.82) is 0 Å². The van der Waals surface area contributed by atoms with Gasteiger partial charge in [-0.1, -0.05) is 139 Å². The van der Waals surface area contributed by atoms with Gasteiger partial charge < -0.3 is 0 Å². The molecule has 0 spiro atoms. The summed E-state index contributed by atoms with van der Waals surface area (Å²) in [6, 6.07) is 26.0. The van der Waals surface area contributed by atoms with Crippen LogP contribution in [0.1, 0.15) is 70.0 Å². The largest absolute Gasteiger partial charge is 0.134 e. The molecule has 35 heavy (non-hydrogen) atoms. The van der Waals surface area contributed by atoms with Gasteiger partial charge in [-0.25, -0.2) is 0 Å². The van der Waals surface area contributed by atoms with E-state index in [0.717, 1.165) is 0 Å². The second-order valence-electron chi connectivity index (χ2n) is 6.67. The smallest absolute Gasteiger partial charge is 0.0434 e. The Morgan fingerprint density at radius 2 is 1.31 bits per heavy atom. The zero-order valence-electron chi connectivity index (χ0n) is 23.1. The molecule has 0 N–H and O–H groups in total. The van der Waals surface area contributed by atoms with Crippen LogP contribution in [0.3, 0.4) is 0 Å². The Balaban J connectivity index is 0.00000132. The van der Waals surface area contributed by atoms with E-state index < -0.39 is 0 Å². The normalized spacial score (nSPS) is 9.66. The molecule has 4 aromatic rings. The Morgan fingerprint density at radius 3 is 1.83 bits per heavy atom. The fourth-order valence-corrected chi connectivity index (χ4v) is 4.98. The fraction of sp³-hybridized carbons (Fsp3) is 0.235. The second-order valence-corrected chi connectivity index (χ2v) is 7.69. The van der Waals surface area contributed by atoms with Gasteiger partial charge in [-0.05, 0) is 36.1 Å². The van der Waals surface area contributed by atoms with Crippen LogP contribution in [0.15, 0.2) is 98.6 Å². The van der Waals surface area contributed by atoms with Crippen LogP contribution in [-0.4, -0.2) is 0 Å². The molecule has 0 amide bonds. The number of hydrogen-bond acceptors (Lipinski definition) is 1. The summed E-state index contributed by atoms with van der Waals surface area (Å²) in [7, 11) is 0. The third-order valence-electron chi connectivity index (χ3n) is 4.94. The van der Waals surface area contributed by atoms with Crippen molar-refractivity contribution in [2.24, 2.45) is 0 Å². The summed E-state index contributed by atoms with van der Waals surface area (Å²) >= 11 is 1.86. The summed E-state index contributed by atoms with van der Waals surface area (Å²) in [6.07, 6.45) is 4.21. The van der Waals surface area contributed by atoms with Gasteiger partial charge in [0.2, 0.25) is 0 Å². The average molecular weight is 485 g/mol. The maximum absolute atomic E-state index is 4.12. The first-order chi connectivity index (χ1) is 17.2. The lowest BCUT2D eigenvalue weighted by Gasteiger charge is -2.06. The van der Waals surface area contributed by atoms with Crippen molar-refractivity contribution in [1.82, 2.24) is 0 Å². The molecule has 1 heteroatoms. The zero-order valence-corrected chi connectivity index (χ0v) is 23.9. The first kappa shape index (κ1) is 31.8. The van der Waals surface area contributed by atoms with Crippen LogP contribution in [0.4, 0.5) is 0 Å². The van der Waals surface area contributed by atoms with Crippen molar-refractivity contribution in [3.8, 4) is 11.1 Å². The third kappa shape index (κ3) is 7.94. The molecule has 3 aromatic carbocycles. The zero-order chi connectivity index (χ0) is 26.8.